The molecule has 0 atom stereocenters. The van der Waals surface area contributed by atoms with Crippen LogP contribution in [-0.2, 0) is 23.2 Å². The maximum Gasteiger partial charge on any atom is 0.239 e. The summed E-state index contributed by atoms with van der Waals surface area (Å²) in [6.07, 6.45) is 1.73. The maximum atomic E-state index is 14.3. The molecule has 0 aliphatic carbocycles. The molecule has 1 aromatic carbocycles. The zero-order chi connectivity index (χ0) is 22.1. The van der Waals surface area contributed by atoms with E-state index in [1.54, 1.807) is 19.4 Å². The molecule has 0 saturated carbocycles. The summed E-state index contributed by atoms with van der Waals surface area (Å²) in [6, 6.07) is 6.50. The molecule has 0 radical (unpaired) electrons. The van der Waals surface area contributed by atoms with E-state index in [1.165, 1.54) is 19.1 Å². The van der Waals surface area contributed by atoms with Gasteiger partial charge in [0.1, 0.15) is 17.0 Å². The number of nitrogens with zero attached hydrogens (tertiary/aromatic N) is 3. The number of rotatable bonds is 6. The van der Waals surface area contributed by atoms with Gasteiger partial charge in [0.05, 0.1) is 18.4 Å². The molecule has 0 fully saturated rings. The monoisotopic (exact) mass is 423 g/mol. The van der Waals surface area contributed by atoms with Gasteiger partial charge in [0.25, 0.3) is 0 Å². The lowest BCUT2D eigenvalue weighted by atomic mass is 10.1. The van der Waals surface area contributed by atoms with Crippen molar-refractivity contribution in [2.45, 2.75) is 13.5 Å². The first-order chi connectivity index (χ1) is 14.9. The van der Waals surface area contributed by atoms with E-state index in [9.17, 15) is 14.0 Å². The molecule has 0 spiro atoms. The second-order valence-electron chi connectivity index (χ2n) is 7.24. The molecular formula is C21H22FN7O2. The smallest absolute Gasteiger partial charge is 0.239 e. The van der Waals surface area contributed by atoms with Crippen LogP contribution in [0.4, 0.5) is 10.2 Å². The van der Waals surface area contributed by atoms with E-state index in [-0.39, 0.29) is 24.9 Å². The lowest BCUT2D eigenvalue weighted by Crippen LogP contribution is -2.35. The molecule has 0 aliphatic heterocycles. The van der Waals surface area contributed by atoms with Crippen LogP contribution in [0.2, 0.25) is 0 Å². The van der Waals surface area contributed by atoms with Crippen LogP contribution in [0.3, 0.4) is 0 Å². The van der Waals surface area contributed by atoms with Crippen molar-refractivity contribution < 1.29 is 14.0 Å². The summed E-state index contributed by atoms with van der Waals surface area (Å²) in [5.41, 5.74) is 4.25. The summed E-state index contributed by atoms with van der Waals surface area (Å²) in [5, 5.41) is 9.02. The highest BCUT2D eigenvalue weighted by atomic mass is 19.1. The van der Waals surface area contributed by atoms with Crippen LogP contribution < -0.4 is 16.0 Å². The molecule has 4 rings (SSSR count). The summed E-state index contributed by atoms with van der Waals surface area (Å²) in [7, 11) is 3.69. The number of carbonyl (C=O) groups is 2. The number of hydrogen-bond donors (Lipinski definition) is 4. The largest absolute Gasteiger partial charge is 0.371 e. The number of nitrogens with one attached hydrogen (secondary N) is 4. The Morgan fingerprint density at radius 1 is 1.19 bits per heavy atom. The molecule has 160 valence electrons. The topological polar surface area (TPSA) is 117 Å². The molecule has 31 heavy (non-hydrogen) atoms. The van der Waals surface area contributed by atoms with Gasteiger partial charge in [-0.05, 0) is 29.8 Å². The minimum atomic E-state index is -0.420. The summed E-state index contributed by atoms with van der Waals surface area (Å²) in [6.45, 7) is 1.34. The average molecular weight is 423 g/mol. The van der Waals surface area contributed by atoms with Gasteiger partial charge in [0.2, 0.25) is 11.8 Å². The summed E-state index contributed by atoms with van der Waals surface area (Å²) >= 11 is 0. The minimum Gasteiger partial charge on any atom is -0.371 e. The van der Waals surface area contributed by atoms with Crippen molar-refractivity contribution in [3.63, 3.8) is 0 Å². The highest BCUT2D eigenvalue weighted by Crippen LogP contribution is 2.32. The first kappa shape index (κ1) is 20.3. The van der Waals surface area contributed by atoms with Gasteiger partial charge in [-0.1, -0.05) is 0 Å². The Bertz CT molecular complexity index is 1310. The number of aromatic amines is 1. The molecule has 0 bridgehead atoms. The Hall–Kier alpha value is -3.95. The van der Waals surface area contributed by atoms with Crippen LogP contribution in [-0.4, -0.2) is 44.9 Å². The summed E-state index contributed by atoms with van der Waals surface area (Å²) in [4.78, 5) is 35.0. The standard InChI is InChI=1S/C21H22FN7O2/c1-11(30)24-9-17(31)25-8-12-4-13(6-14(22)5-12)16-7-15-19-18(26-10-29(19)3)21(23-2)28-20(15)27-16/h4-7,10H,8-9H2,1-3H3,(H,24,30)(H,25,31)(H2,23,27,28). The van der Waals surface area contributed by atoms with Crippen molar-refractivity contribution in [1.82, 2.24) is 30.2 Å². The molecule has 9 nitrogen and oxygen atoms in total. The number of hydrogen-bond acceptors (Lipinski definition) is 5. The molecule has 0 saturated heterocycles. The number of pyridine rings is 1. The molecule has 2 amide bonds. The fourth-order valence-electron chi connectivity index (χ4n) is 3.50. The van der Waals surface area contributed by atoms with Crippen LogP contribution in [0.15, 0.2) is 30.6 Å². The number of benzene rings is 1. The molecule has 4 aromatic rings. The van der Waals surface area contributed by atoms with Crippen LogP contribution in [0, 0.1) is 5.82 Å². The number of aryl methyl sites for hydroxylation is 1. The number of carbonyl (C=O) groups excluding carboxylic acids is 2. The zero-order valence-electron chi connectivity index (χ0n) is 17.3. The molecule has 10 heteroatoms. The van der Waals surface area contributed by atoms with Gasteiger partial charge >= 0.3 is 0 Å². The zero-order valence-corrected chi connectivity index (χ0v) is 17.3. The van der Waals surface area contributed by atoms with Gasteiger partial charge in [-0.3, -0.25) is 9.59 Å². The molecule has 0 aliphatic rings. The Morgan fingerprint density at radius 2 is 2.00 bits per heavy atom. The van der Waals surface area contributed by atoms with Gasteiger partial charge in [-0.15, -0.1) is 0 Å². The average Bonchev–Trinajstić information content (AvgIpc) is 3.33. The van der Waals surface area contributed by atoms with E-state index >= 15 is 0 Å². The van der Waals surface area contributed by atoms with Gasteiger partial charge in [-0.25, -0.2) is 14.4 Å². The number of aromatic nitrogens is 4. The van der Waals surface area contributed by atoms with Crippen molar-refractivity contribution >= 4 is 39.7 Å². The van der Waals surface area contributed by atoms with E-state index < -0.39 is 5.82 Å². The molecule has 0 unspecified atom stereocenters. The van der Waals surface area contributed by atoms with Crippen LogP contribution >= 0.6 is 0 Å². The van der Waals surface area contributed by atoms with Crippen LogP contribution in [0.1, 0.15) is 12.5 Å². The van der Waals surface area contributed by atoms with E-state index in [0.717, 1.165) is 16.4 Å². The quantitative estimate of drug-likeness (QED) is 0.379. The van der Waals surface area contributed by atoms with Crippen molar-refractivity contribution in [2.75, 3.05) is 18.9 Å². The SMILES string of the molecule is CNc1nc2[nH]c(-c3cc(F)cc(CNC(=O)CNC(C)=O)c3)cc2c2c1ncn2C. The second-order valence-corrected chi connectivity index (χ2v) is 7.24. The number of amides is 2. The number of imidazole rings is 1. The minimum absolute atomic E-state index is 0.125. The van der Waals surface area contributed by atoms with E-state index in [4.69, 9.17) is 0 Å². The van der Waals surface area contributed by atoms with Crippen molar-refractivity contribution in [2.24, 2.45) is 7.05 Å². The lowest BCUT2D eigenvalue weighted by Gasteiger charge is -2.08. The van der Waals surface area contributed by atoms with Crippen molar-refractivity contribution in [3.05, 3.63) is 42.0 Å². The number of fused-ring (bicyclic) bond motifs is 3. The van der Waals surface area contributed by atoms with Crippen molar-refractivity contribution in [3.8, 4) is 11.3 Å². The molecule has 3 heterocycles. The fraction of sp³-hybridized carbons (Fsp3) is 0.238. The van der Waals surface area contributed by atoms with E-state index in [1.807, 2.05) is 17.7 Å². The van der Waals surface area contributed by atoms with Crippen LogP contribution in [0.25, 0.3) is 33.3 Å². The maximum absolute atomic E-state index is 14.3. The third kappa shape index (κ3) is 4.04. The molecule has 4 N–H and O–H groups in total. The first-order valence-electron chi connectivity index (χ1n) is 9.68. The second kappa shape index (κ2) is 8.05. The van der Waals surface area contributed by atoms with E-state index in [0.29, 0.717) is 28.3 Å². The van der Waals surface area contributed by atoms with Crippen LogP contribution in [0.5, 0.6) is 0 Å². The first-order valence-corrected chi connectivity index (χ1v) is 9.68. The third-order valence-corrected chi connectivity index (χ3v) is 4.93. The lowest BCUT2D eigenvalue weighted by molar-refractivity contribution is -0.125. The Morgan fingerprint density at radius 3 is 2.74 bits per heavy atom. The van der Waals surface area contributed by atoms with Crippen molar-refractivity contribution in [1.29, 1.82) is 0 Å². The van der Waals surface area contributed by atoms with Gasteiger partial charge in [-0.2, -0.15) is 0 Å². The Kier molecular flexibility index (Phi) is 5.28. The predicted molar refractivity (Wildman–Crippen MR) is 116 cm³/mol. The van der Waals surface area contributed by atoms with Gasteiger partial charge < -0.3 is 25.5 Å². The third-order valence-electron chi connectivity index (χ3n) is 4.93. The molecular weight excluding hydrogens is 401 g/mol. The summed E-state index contributed by atoms with van der Waals surface area (Å²) < 4.78 is 16.2. The van der Waals surface area contributed by atoms with E-state index in [2.05, 4.69) is 30.9 Å². The predicted octanol–water partition coefficient (Wildman–Crippen LogP) is 2.05. The normalized spacial score (nSPS) is 11.1. The number of anilines is 1. The molecule has 3 aromatic heterocycles. The number of halogens is 1. The number of H-pyrrole nitrogens is 1. The Balaban J connectivity index is 1.66. The van der Waals surface area contributed by atoms with Gasteiger partial charge in [0, 0.05) is 44.2 Å². The fourth-order valence-corrected chi connectivity index (χ4v) is 3.50. The van der Waals surface area contributed by atoms with Gasteiger partial charge in [0.15, 0.2) is 5.82 Å². The highest BCUT2D eigenvalue weighted by Gasteiger charge is 2.16. The Labute approximate surface area is 177 Å². The highest BCUT2D eigenvalue weighted by molar-refractivity contribution is 6.07. The summed E-state index contributed by atoms with van der Waals surface area (Å²) in [5.74, 6) is -0.413.